The highest BCUT2D eigenvalue weighted by Gasteiger charge is 2.15. The number of methoxy groups -OCH3 is 2. The minimum Gasteiger partial charge on any atom is -0.495 e. The van der Waals surface area contributed by atoms with Gasteiger partial charge in [-0.15, -0.1) is 0 Å². The third-order valence-corrected chi connectivity index (χ3v) is 3.03. The molecule has 1 rings (SSSR count). The number of nitrogens with zero attached hydrogens (tertiary/aromatic N) is 2. The Labute approximate surface area is 119 Å². The molecule has 5 heteroatoms. The van der Waals surface area contributed by atoms with Gasteiger partial charge in [-0.25, -0.2) is 0 Å². The topological polar surface area (TPSA) is 62.6 Å². The van der Waals surface area contributed by atoms with E-state index < -0.39 is 0 Å². The first-order valence-corrected chi connectivity index (χ1v) is 6.35. The molecule has 0 radical (unpaired) electrons. The van der Waals surface area contributed by atoms with E-state index in [4.69, 9.17) is 14.7 Å². The third-order valence-electron chi connectivity index (χ3n) is 3.03. The fourth-order valence-electron chi connectivity index (χ4n) is 2.06. The SMILES string of the molecule is COC(=O)C(C)CN(C)Cc1ccc(OC)c(C#N)c1. The van der Waals surface area contributed by atoms with Crippen molar-refractivity contribution in [1.82, 2.24) is 4.90 Å². The highest BCUT2D eigenvalue weighted by molar-refractivity contribution is 5.72. The maximum absolute atomic E-state index is 11.4. The van der Waals surface area contributed by atoms with Crippen LogP contribution in [0.5, 0.6) is 5.75 Å². The van der Waals surface area contributed by atoms with E-state index in [0.717, 1.165) is 5.56 Å². The Morgan fingerprint density at radius 3 is 2.70 bits per heavy atom. The molecule has 0 heterocycles. The van der Waals surface area contributed by atoms with E-state index in [2.05, 4.69) is 6.07 Å². The molecule has 5 nitrogen and oxygen atoms in total. The van der Waals surface area contributed by atoms with Gasteiger partial charge in [0, 0.05) is 13.1 Å². The highest BCUT2D eigenvalue weighted by Crippen LogP contribution is 2.19. The Morgan fingerprint density at radius 1 is 1.45 bits per heavy atom. The van der Waals surface area contributed by atoms with E-state index in [9.17, 15) is 4.79 Å². The zero-order valence-corrected chi connectivity index (χ0v) is 12.3. The summed E-state index contributed by atoms with van der Waals surface area (Å²) in [6, 6.07) is 7.61. The number of rotatable bonds is 6. The molecule has 1 aromatic rings. The van der Waals surface area contributed by atoms with Gasteiger partial charge in [0.2, 0.25) is 0 Å². The van der Waals surface area contributed by atoms with E-state index in [-0.39, 0.29) is 11.9 Å². The monoisotopic (exact) mass is 276 g/mol. The van der Waals surface area contributed by atoms with Crippen molar-refractivity contribution < 1.29 is 14.3 Å². The van der Waals surface area contributed by atoms with E-state index in [1.165, 1.54) is 7.11 Å². The Balaban J connectivity index is 2.69. The van der Waals surface area contributed by atoms with Crippen LogP contribution >= 0.6 is 0 Å². The zero-order valence-electron chi connectivity index (χ0n) is 12.3. The summed E-state index contributed by atoms with van der Waals surface area (Å²) in [6.45, 7) is 3.08. The summed E-state index contributed by atoms with van der Waals surface area (Å²) < 4.78 is 9.81. The summed E-state index contributed by atoms with van der Waals surface area (Å²) in [6.07, 6.45) is 0. The van der Waals surface area contributed by atoms with Crippen LogP contribution in [0.2, 0.25) is 0 Å². The highest BCUT2D eigenvalue weighted by atomic mass is 16.5. The molecule has 1 unspecified atom stereocenters. The van der Waals surface area contributed by atoms with Gasteiger partial charge in [0.1, 0.15) is 11.8 Å². The molecule has 20 heavy (non-hydrogen) atoms. The van der Waals surface area contributed by atoms with Crippen LogP contribution in [-0.2, 0) is 16.1 Å². The van der Waals surface area contributed by atoms with Crippen LogP contribution in [0.3, 0.4) is 0 Å². The van der Waals surface area contributed by atoms with Crippen LogP contribution in [0.4, 0.5) is 0 Å². The quantitative estimate of drug-likeness (QED) is 0.741. The number of ether oxygens (including phenoxy) is 2. The smallest absolute Gasteiger partial charge is 0.309 e. The molecular formula is C15H20N2O3. The predicted octanol–water partition coefficient (Wildman–Crippen LogP) is 1.81. The summed E-state index contributed by atoms with van der Waals surface area (Å²) in [5, 5.41) is 9.05. The molecule has 108 valence electrons. The van der Waals surface area contributed by atoms with E-state index in [1.807, 2.05) is 24.9 Å². The van der Waals surface area contributed by atoms with Gasteiger partial charge in [-0.05, 0) is 24.7 Å². The molecule has 0 aliphatic carbocycles. The van der Waals surface area contributed by atoms with Crippen molar-refractivity contribution in [3.63, 3.8) is 0 Å². The summed E-state index contributed by atoms with van der Waals surface area (Å²) in [4.78, 5) is 13.4. The number of carbonyl (C=O) groups excluding carboxylic acids is 1. The first-order valence-electron chi connectivity index (χ1n) is 6.35. The molecule has 0 aromatic heterocycles. The second kappa shape index (κ2) is 7.51. The number of esters is 1. The van der Waals surface area contributed by atoms with Crippen molar-refractivity contribution in [3.05, 3.63) is 29.3 Å². The first-order chi connectivity index (χ1) is 9.51. The van der Waals surface area contributed by atoms with Gasteiger partial charge in [0.25, 0.3) is 0 Å². The number of hydrogen-bond donors (Lipinski definition) is 0. The molecule has 0 saturated heterocycles. The lowest BCUT2D eigenvalue weighted by Gasteiger charge is -2.20. The summed E-state index contributed by atoms with van der Waals surface area (Å²) in [5.41, 5.74) is 1.52. The predicted molar refractivity (Wildman–Crippen MR) is 75.2 cm³/mol. The van der Waals surface area contributed by atoms with Gasteiger partial charge < -0.3 is 14.4 Å². The number of hydrogen-bond acceptors (Lipinski definition) is 5. The van der Waals surface area contributed by atoms with Crippen LogP contribution in [0, 0.1) is 17.2 Å². The summed E-state index contributed by atoms with van der Waals surface area (Å²) in [7, 11) is 4.86. The minimum absolute atomic E-state index is 0.182. The Bertz CT molecular complexity index is 508. The van der Waals surface area contributed by atoms with Gasteiger partial charge in [-0.2, -0.15) is 5.26 Å². The molecule has 0 N–H and O–H groups in total. The zero-order chi connectivity index (χ0) is 15.1. The van der Waals surface area contributed by atoms with Gasteiger partial charge >= 0.3 is 5.97 Å². The number of benzene rings is 1. The first kappa shape index (κ1) is 16.0. The standard InChI is InChI=1S/C15H20N2O3/c1-11(15(18)20-4)9-17(2)10-12-5-6-14(19-3)13(7-12)8-16/h5-7,11H,9-10H2,1-4H3. The Hall–Kier alpha value is -2.06. The summed E-state index contributed by atoms with van der Waals surface area (Å²) >= 11 is 0. The maximum Gasteiger partial charge on any atom is 0.309 e. The third kappa shape index (κ3) is 4.25. The van der Waals surface area contributed by atoms with Crippen molar-refractivity contribution in [1.29, 1.82) is 5.26 Å². The van der Waals surface area contributed by atoms with Crippen LogP contribution < -0.4 is 4.74 Å². The lowest BCUT2D eigenvalue weighted by molar-refractivity contribution is -0.145. The number of nitriles is 1. The van der Waals surface area contributed by atoms with Gasteiger partial charge in [0.05, 0.1) is 25.7 Å². The van der Waals surface area contributed by atoms with Crippen LogP contribution in [0.1, 0.15) is 18.1 Å². The van der Waals surface area contributed by atoms with Crippen molar-refractivity contribution >= 4 is 5.97 Å². The van der Waals surface area contributed by atoms with Crippen molar-refractivity contribution in [2.45, 2.75) is 13.5 Å². The largest absolute Gasteiger partial charge is 0.495 e. The Morgan fingerprint density at radius 2 is 2.15 bits per heavy atom. The molecule has 0 aliphatic rings. The second-order valence-corrected chi connectivity index (χ2v) is 4.77. The van der Waals surface area contributed by atoms with Crippen molar-refractivity contribution in [2.24, 2.45) is 5.92 Å². The molecule has 0 aliphatic heterocycles. The maximum atomic E-state index is 11.4. The fraction of sp³-hybridized carbons (Fsp3) is 0.467. The normalized spacial score (nSPS) is 11.8. The average molecular weight is 276 g/mol. The van der Waals surface area contributed by atoms with Crippen LogP contribution in [-0.4, -0.2) is 38.7 Å². The second-order valence-electron chi connectivity index (χ2n) is 4.77. The molecular weight excluding hydrogens is 256 g/mol. The van der Waals surface area contributed by atoms with Gasteiger partial charge in [-0.3, -0.25) is 4.79 Å². The van der Waals surface area contributed by atoms with Crippen molar-refractivity contribution in [3.8, 4) is 11.8 Å². The summed E-state index contributed by atoms with van der Waals surface area (Å²) in [5.74, 6) is 0.171. The van der Waals surface area contributed by atoms with Crippen molar-refractivity contribution in [2.75, 3.05) is 27.8 Å². The van der Waals surface area contributed by atoms with Crippen LogP contribution in [0.15, 0.2) is 18.2 Å². The van der Waals surface area contributed by atoms with Gasteiger partial charge in [-0.1, -0.05) is 13.0 Å². The van der Waals surface area contributed by atoms with E-state index >= 15 is 0 Å². The van der Waals surface area contributed by atoms with Crippen LogP contribution in [0.25, 0.3) is 0 Å². The minimum atomic E-state index is -0.218. The fourth-order valence-corrected chi connectivity index (χ4v) is 2.06. The molecule has 0 amide bonds. The number of carbonyl (C=O) groups is 1. The lowest BCUT2D eigenvalue weighted by atomic mass is 10.1. The molecule has 0 spiro atoms. The molecule has 0 saturated carbocycles. The van der Waals surface area contributed by atoms with E-state index in [0.29, 0.717) is 24.4 Å². The lowest BCUT2D eigenvalue weighted by Crippen LogP contribution is -2.29. The molecule has 0 fully saturated rings. The van der Waals surface area contributed by atoms with Gasteiger partial charge in [0.15, 0.2) is 0 Å². The molecule has 1 atom stereocenters. The molecule has 0 bridgehead atoms. The average Bonchev–Trinajstić information content (AvgIpc) is 2.45. The van der Waals surface area contributed by atoms with E-state index in [1.54, 1.807) is 19.2 Å². The molecule has 1 aromatic carbocycles. The Kier molecular flexibility index (Phi) is 6.01.